The molecule has 0 aromatic carbocycles. The molecule has 0 aliphatic heterocycles. The van der Waals surface area contributed by atoms with Crippen LogP contribution < -0.4 is 0 Å². The SMILES string of the molecule is O.OB(O)O.[Ca+2].[H-].[H-]. The number of hydrogen-bond acceptors (Lipinski definition) is 3. The van der Waals surface area contributed by atoms with Gasteiger partial charge in [-0.15, -0.1) is 0 Å². The van der Waals surface area contributed by atoms with E-state index in [-0.39, 0.29) is 46.1 Å². The van der Waals surface area contributed by atoms with E-state index in [0.717, 1.165) is 0 Å². The first-order chi connectivity index (χ1) is 1.73. The van der Waals surface area contributed by atoms with Gasteiger partial charge in [0.25, 0.3) is 0 Å². The molecule has 0 aromatic heterocycles. The molecule has 0 amide bonds. The second kappa shape index (κ2) is 9.48. The second-order valence-corrected chi connectivity index (χ2v) is 0.346. The van der Waals surface area contributed by atoms with Gasteiger partial charge in [-0.2, -0.15) is 0 Å². The third-order valence-electron chi connectivity index (χ3n) is 0. The minimum atomic E-state index is -2.17. The Kier molecular flexibility index (Phi) is 24.8. The quantitative estimate of drug-likeness (QED) is 0.298. The van der Waals surface area contributed by atoms with Crippen molar-refractivity contribution in [2.75, 3.05) is 0 Å². The Labute approximate surface area is 68.3 Å². The molecule has 0 spiro atoms. The Bertz CT molecular complexity index is 18.8. The molecule has 0 saturated heterocycles. The first kappa shape index (κ1) is 15.7. The molecule has 0 saturated carbocycles. The van der Waals surface area contributed by atoms with Crippen molar-refractivity contribution in [2.45, 2.75) is 0 Å². The van der Waals surface area contributed by atoms with Crippen LogP contribution in [0.5, 0.6) is 0 Å². The number of hydrogen-bond donors (Lipinski definition) is 3. The largest absolute Gasteiger partial charge is 2.00 e. The second-order valence-electron chi connectivity index (χ2n) is 0.346. The maximum Gasteiger partial charge on any atom is 2.00 e. The fraction of sp³-hybridized carbons (Fsp3) is 0. The maximum atomic E-state index is 7.17. The third-order valence-corrected chi connectivity index (χ3v) is 0. The normalized spacial score (nSPS) is 4.50. The van der Waals surface area contributed by atoms with E-state index in [0.29, 0.717) is 0 Å². The molecule has 0 rings (SSSR count). The molecule has 6 heavy (non-hydrogen) atoms. The van der Waals surface area contributed by atoms with Crippen LogP contribution in [-0.4, -0.2) is 65.6 Å². The zero-order valence-corrected chi connectivity index (χ0v) is 5.33. The number of rotatable bonds is 0. The average molecular weight is 122 g/mol. The zero-order chi connectivity index (χ0) is 3.58. The van der Waals surface area contributed by atoms with Crippen molar-refractivity contribution in [2.24, 2.45) is 0 Å². The molecule has 0 aliphatic carbocycles. The average Bonchev–Trinajstić information content (AvgIpc) is 0.811. The molecule has 0 aliphatic rings. The Morgan fingerprint density at radius 2 is 1.17 bits per heavy atom. The molecule has 5 N–H and O–H groups in total. The first-order valence-electron chi connectivity index (χ1n) is 0.775. The van der Waals surface area contributed by atoms with Crippen molar-refractivity contribution >= 4 is 45.1 Å². The molecular weight excluding hydrogens is 115 g/mol. The van der Waals surface area contributed by atoms with Gasteiger partial charge in [0.1, 0.15) is 0 Å². The minimum Gasteiger partial charge on any atom is -1.00 e. The predicted octanol–water partition coefficient (Wildman–Crippen LogP) is -3.03. The van der Waals surface area contributed by atoms with E-state index in [1.165, 1.54) is 0 Å². The van der Waals surface area contributed by atoms with Crippen LogP contribution in [0.1, 0.15) is 2.85 Å². The topological polar surface area (TPSA) is 92.2 Å². The summed E-state index contributed by atoms with van der Waals surface area (Å²) in [5.74, 6) is 0. The van der Waals surface area contributed by atoms with Crippen LogP contribution in [-0.2, 0) is 0 Å². The van der Waals surface area contributed by atoms with Crippen LogP contribution in [0, 0.1) is 0 Å². The van der Waals surface area contributed by atoms with Gasteiger partial charge in [-0.1, -0.05) is 0 Å². The van der Waals surface area contributed by atoms with Gasteiger partial charge in [0.15, 0.2) is 0 Å². The molecule has 0 bridgehead atoms. The molecular formula is H7BCaO4. The molecule has 0 heterocycles. The first-order valence-corrected chi connectivity index (χ1v) is 0.775. The van der Waals surface area contributed by atoms with Gasteiger partial charge in [-0.25, -0.2) is 0 Å². The summed E-state index contributed by atoms with van der Waals surface area (Å²) in [6.07, 6.45) is 0. The fourth-order valence-electron chi connectivity index (χ4n) is 0. The molecule has 6 heteroatoms. The van der Waals surface area contributed by atoms with E-state index in [4.69, 9.17) is 15.1 Å². The molecule has 36 valence electrons. The van der Waals surface area contributed by atoms with E-state index >= 15 is 0 Å². The zero-order valence-electron chi connectivity index (χ0n) is 5.13. The summed E-state index contributed by atoms with van der Waals surface area (Å²) < 4.78 is 0. The van der Waals surface area contributed by atoms with Crippen molar-refractivity contribution in [3.8, 4) is 0 Å². The molecule has 0 radical (unpaired) electrons. The Morgan fingerprint density at radius 3 is 1.17 bits per heavy atom. The van der Waals surface area contributed by atoms with Crippen LogP contribution in [0.25, 0.3) is 0 Å². The van der Waals surface area contributed by atoms with Gasteiger partial charge < -0.3 is 23.4 Å². The van der Waals surface area contributed by atoms with Crippen molar-refractivity contribution in [3.63, 3.8) is 0 Å². The summed E-state index contributed by atoms with van der Waals surface area (Å²) in [6.45, 7) is 0. The van der Waals surface area contributed by atoms with Gasteiger partial charge in [0.05, 0.1) is 0 Å². The van der Waals surface area contributed by atoms with Crippen molar-refractivity contribution in [3.05, 3.63) is 0 Å². The van der Waals surface area contributed by atoms with Crippen LogP contribution >= 0.6 is 0 Å². The van der Waals surface area contributed by atoms with Crippen LogP contribution in [0.4, 0.5) is 0 Å². The van der Waals surface area contributed by atoms with Gasteiger partial charge in [-0.05, 0) is 0 Å². The molecule has 0 atom stereocenters. The predicted molar refractivity (Wildman–Crippen MR) is 24.0 cm³/mol. The monoisotopic (exact) mass is 122 g/mol. The summed E-state index contributed by atoms with van der Waals surface area (Å²) in [5, 5.41) is 21.5. The smallest absolute Gasteiger partial charge is 1.00 e. The van der Waals surface area contributed by atoms with E-state index < -0.39 is 7.32 Å². The third kappa shape index (κ3) is 66.0. The standard InChI is InChI=1S/BH3O3.Ca.H2O.2H/c2-1(3)4;;;;/h2-4H;;1H2;;/q;+2;;2*-1. The van der Waals surface area contributed by atoms with E-state index in [1.807, 2.05) is 0 Å². The van der Waals surface area contributed by atoms with Gasteiger partial charge in [-0.3, -0.25) is 0 Å². The van der Waals surface area contributed by atoms with Crippen molar-refractivity contribution in [1.29, 1.82) is 0 Å². The minimum absolute atomic E-state index is 0. The van der Waals surface area contributed by atoms with Gasteiger partial charge in [0, 0.05) is 0 Å². The molecule has 0 unspecified atom stereocenters. The van der Waals surface area contributed by atoms with Crippen molar-refractivity contribution < 1.29 is 23.4 Å². The maximum absolute atomic E-state index is 7.17. The van der Waals surface area contributed by atoms with Crippen LogP contribution in [0.2, 0.25) is 0 Å². The Morgan fingerprint density at radius 1 is 1.17 bits per heavy atom. The Balaban J connectivity index is -0.00000000750. The van der Waals surface area contributed by atoms with Crippen molar-refractivity contribution in [1.82, 2.24) is 0 Å². The summed E-state index contributed by atoms with van der Waals surface area (Å²) >= 11 is 0. The molecule has 0 fully saturated rings. The summed E-state index contributed by atoms with van der Waals surface area (Å²) in [5.41, 5.74) is 0. The van der Waals surface area contributed by atoms with E-state index in [9.17, 15) is 0 Å². The van der Waals surface area contributed by atoms with Crippen LogP contribution in [0.15, 0.2) is 0 Å². The summed E-state index contributed by atoms with van der Waals surface area (Å²) in [4.78, 5) is 0. The fourth-order valence-corrected chi connectivity index (χ4v) is 0. The Hall–Kier alpha value is 1.16. The van der Waals surface area contributed by atoms with Gasteiger partial charge in [0.2, 0.25) is 0 Å². The van der Waals surface area contributed by atoms with Gasteiger partial charge >= 0.3 is 45.1 Å². The molecule has 0 aromatic rings. The molecule has 4 nitrogen and oxygen atoms in total. The van der Waals surface area contributed by atoms with Crippen LogP contribution in [0.3, 0.4) is 0 Å². The van der Waals surface area contributed by atoms with E-state index in [1.54, 1.807) is 0 Å². The van der Waals surface area contributed by atoms with E-state index in [2.05, 4.69) is 0 Å². The summed E-state index contributed by atoms with van der Waals surface area (Å²) in [6, 6.07) is 0. The summed E-state index contributed by atoms with van der Waals surface area (Å²) in [7, 11) is -2.17.